The van der Waals surface area contributed by atoms with Crippen LogP contribution in [0.2, 0.25) is 0 Å². The zero-order chi connectivity index (χ0) is 15.4. The number of nitrogens with zero attached hydrogens (tertiary/aromatic N) is 2. The van der Waals surface area contributed by atoms with Crippen LogP contribution in [-0.2, 0) is 6.54 Å². The van der Waals surface area contributed by atoms with Gasteiger partial charge in [0.25, 0.3) is 5.91 Å². The predicted octanol–water partition coefficient (Wildman–Crippen LogP) is 2.12. The lowest BCUT2D eigenvalue weighted by molar-refractivity contribution is 0.0765. The highest BCUT2D eigenvalue weighted by molar-refractivity contribution is 5.94. The van der Waals surface area contributed by atoms with Gasteiger partial charge in [-0.05, 0) is 44.5 Å². The Hall–Kier alpha value is -1.39. The van der Waals surface area contributed by atoms with Crippen molar-refractivity contribution in [3.63, 3.8) is 0 Å². The van der Waals surface area contributed by atoms with Gasteiger partial charge in [-0.1, -0.05) is 19.1 Å². The van der Waals surface area contributed by atoms with Gasteiger partial charge in [0, 0.05) is 31.2 Å². The normalized spacial score (nSPS) is 18.8. The molecule has 116 valence electrons. The summed E-state index contributed by atoms with van der Waals surface area (Å²) in [6.45, 7) is 9.59. The SMILES string of the molecule is CCN(Cc1ccc(C(=O)N2CC[C@@H](O)C2)cc1)C(C)C. The second-order valence-electron chi connectivity index (χ2n) is 6.05. The molecule has 1 amide bonds. The second kappa shape index (κ2) is 7.05. The highest BCUT2D eigenvalue weighted by atomic mass is 16.3. The van der Waals surface area contributed by atoms with Crippen molar-refractivity contribution >= 4 is 5.91 Å². The third-order valence-electron chi connectivity index (χ3n) is 4.17. The molecule has 0 aliphatic carbocycles. The smallest absolute Gasteiger partial charge is 0.253 e. The van der Waals surface area contributed by atoms with Gasteiger partial charge >= 0.3 is 0 Å². The molecule has 0 bridgehead atoms. The Labute approximate surface area is 127 Å². The van der Waals surface area contributed by atoms with Gasteiger partial charge in [-0.25, -0.2) is 0 Å². The number of amides is 1. The van der Waals surface area contributed by atoms with E-state index in [2.05, 4.69) is 25.7 Å². The van der Waals surface area contributed by atoms with Crippen molar-refractivity contribution in [2.24, 2.45) is 0 Å². The highest BCUT2D eigenvalue weighted by Crippen LogP contribution is 2.15. The first kappa shape index (κ1) is 16.0. The van der Waals surface area contributed by atoms with Crippen LogP contribution in [0.5, 0.6) is 0 Å². The van der Waals surface area contributed by atoms with Crippen LogP contribution in [0, 0.1) is 0 Å². The van der Waals surface area contributed by atoms with Gasteiger partial charge in [0.2, 0.25) is 0 Å². The van der Waals surface area contributed by atoms with E-state index in [9.17, 15) is 9.90 Å². The lowest BCUT2D eigenvalue weighted by Gasteiger charge is -2.24. The number of likely N-dealkylation sites (tertiary alicyclic amines) is 1. The lowest BCUT2D eigenvalue weighted by atomic mass is 10.1. The highest BCUT2D eigenvalue weighted by Gasteiger charge is 2.25. The summed E-state index contributed by atoms with van der Waals surface area (Å²) < 4.78 is 0. The van der Waals surface area contributed by atoms with Gasteiger partial charge in [-0.3, -0.25) is 9.69 Å². The molecule has 4 heteroatoms. The van der Waals surface area contributed by atoms with Crippen molar-refractivity contribution in [2.45, 2.75) is 45.9 Å². The molecule has 0 radical (unpaired) electrons. The van der Waals surface area contributed by atoms with E-state index in [-0.39, 0.29) is 12.0 Å². The van der Waals surface area contributed by atoms with Crippen LogP contribution in [0.3, 0.4) is 0 Å². The number of hydrogen-bond acceptors (Lipinski definition) is 3. The number of carbonyl (C=O) groups excluding carboxylic acids is 1. The third kappa shape index (κ3) is 4.05. The fourth-order valence-electron chi connectivity index (χ4n) is 2.76. The minimum Gasteiger partial charge on any atom is -0.391 e. The van der Waals surface area contributed by atoms with E-state index >= 15 is 0 Å². The van der Waals surface area contributed by atoms with Gasteiger partial charge in [0.15, 0.2) is 0 Å². The monoisotopic (exact) mass is 290 g/mol. The van der Waals surface area contributed by atoms with Gasteiger partial charge in [0.1, 0.15) is 0 Å². The molecule has 1 saturated heterocycles. The first-order valence-electron chi connectivity index (χ1n) is 7.81. The van der Waals surface area contributed by atoms with Crippen LogP contribution in [0.25, 0.3) is 0 Å². The van der Waals surface area contributed by atoms with E-state index in [1.54, 1.807) is 4.90 Å². The van der Waals surface area contributed by atoms with E-state index in [0.717, 1.165) is 13.1 Å². The first-order chi connectivity index (χ1) is 10.0. The van der Waals surface area contributed by atoms with Gasteiger partial charge in [0.05, 0.1) is 6.10 Å². The van der Waals surface area contributed by atoms with Crippen LogP contribution >= 0.6 is 0 Å². The number of benzene rings is 1. The summed E-state index contributed by atoms with van der Waals surface area (Å²) in [5.41, 5.74) is 1.93. The molecular formula is C17H26N2O2. The standard InChI is InChI=1S/C17H26N2O2/c1-4-18(13(2)3)11-14-5-7-15(8-6-14)17(21)19-10-9-16(20)12-19/h5-8,13,16,20H,4,9-12H2,1-3H3/t16-/m1/s1. The van der Waals surface area contributed by atoms with Crippen molar-refractivity contribution in [2.75, 3.05) is 19.6 Å². The average Bonchev–Trinajstić information content (AvgIpc) is 2.91. The summed E-state index contributed by atoms with van der Waals surface area (Å²) in [7, 11) is 0. The Bertz CT molecular complexity index is 470. The van der Waals surface area contributed by atoms with Crippen LogP contribution in [0.1, 0.15) is 43.1 Å². The van der Waals surface area contributed by atoms with Crippen molar-refractivity contribution in [1.82, 2.24) is 9.80 Å². The molecule has 1 aliphatic rings. The third-order valence-corrected chi connectivity index (χ3v) is 4.17. The Morgan fingerprint density at radius 2 is 2.05 bits per heavy atom. The summed E-state index contributed by atoms with van der Waals surface area (Å²) in [4.78, 5) is 16.4. The lowest BCUT2D eigenvalue weighted by Crippen LogP contribution is -2.30. The predicted molar refractivity (Wildman–Crippen MR) is 84.2 cm³/mol. The Morgan fingerprint density at radius 3 is 2.52 bits per heavy atom. The molecule has 4 nitrogen and oxygen atoms in total. The largest absolute Gasteiger partial charge is 0.391 e. The fraction of sp³-hybridized carbons (Fsp3) is 0.588. The molecular weight excluding hydrogens is 264 g/mol. The average molecular weight is 290 g/mol. The fourth-order valence-corrected chi connectivity index (χ4v) is 2.76. The Morgan fingerprint density at radius 1 is 1.38 bits per heavy atom. The van der Waals surface area contributed by atoms with Crippen LogP contribution in [0.15, 0.2) is 24.3 Å². The van der Waals surface area contributed by atoms with Gasteiger partial charge < -0.3 is 10.0 Å². The van der Waals surface area contributed by atoms with Crippen LogP contribution in [-0.4, -0.2) is 52.6 Å². The maximum atomic E-state index is 12.3. The second-order valence-corrected chi connectivity index (χ2v) is 6.05. The molecule has 1 heterocycles. The molecule has 1 aromatic carbocycles. The minimum atomic E-state index is -0.364. The molecule has 21 heavy (non-hydrogen) atoms. The van der Waals surface area contributed by atoms with E-state index in [0.29, 0.717) is 31.1 Å². The number of rotatable bonds is 5. The van der Waals surface area contributed by atoms with E-state index in [1.165, 1.54) is 5.56 Å². The van der Waals surface area contributed by atoms with Crippen molar-refractivity contribution < 1.29 is 9.90 Å². The molecule has 0 aromatic heterocycles. The Kier molecular flexibility index (Phi) is 5.37. The molecule has 0 spiro atoms. The molecule has 1 atom stereocenters. The number of hydrogen-bond donors (Lipinski definition) is 1. The maximum absolute atomic E-state index is 12.3. The van der Waals surface area contributed by atoms with Crippen molar-refractivity contribution in [1.29, 1.82) is 0 Å². The molecule has 1 aliphatic heterocycles. The molecule has 2 rings (SSSR count). The summed E-state index contributed by atoms with van der Waals surface area (Å²) >= 11 is 0. The quantitative estimate of drug-likeness (QED) is 0.903. The zero-order valence-electron chi connectivity index (χ0n) is 13.2. The van der Waals surface area contributed by atoms with Crippen LogP contribution < -0.4 is 0 Å². The van der Waals surface area contributed by atoms with Crippen molar-refractivity contribution in [3.8, 4) is 0 Å². The van der Waals surface area contributed by atoms with E-state index in [1.807, 2.05) is 24.3 Å². The summed E-state index contributed by atoms with van der Waals surface area (Å²) in [5, 5.41) is 9.52. The number of aliphatic hydroxyl groups is 1. The molecule has 0 saturated carbocycles. The zero-order valence-corrected chi connectivity index (χ0v) is 13.2. The van der Waals surface area contributed by atoms with Crippen LogP contribution in [0.4, 0.5) is 0 Å². The summed E-state index contributed by atoms with van der Waals surface area (Å²) in [5.74, 6) is 0.0225. The summed E-state index contributed by atoms with van der Waals surface area (Å²) in [6.07, 6.45) is 0.321. The molecule has 1 N–H and O–H groups in total. The van der Waals surface area contributed by atoms with Gasteiger partial charge in [-0.2, -0.15) is 0 Å². The number of β-amino-alcohol motifs (C(OH)–C–C–N with tert-alkyl or cyclic N) is 1. The van der Waals surface area contributed by atoms with Crippen molar-refractivity contribution in [3.05, 3.63) is 35.4 Å². The molecule has 1 aromatic rings. The maximum Gasteiger partial charge on any atom is 0.253 e. The van der Waals surface area contributed by atoms with Gasteiger partial charge in [-0.15, -0.1) is 0 Å². The number of carbonyl (C=O) groups is 1. The van der Waals surface area contributed by atoms with E-state index in [4.69, 9.17) is 0 Å². The van der Waals surface area contributed by atoms with E-state index < -0.39 is 0 Å². The first-order valence-corrected chi connectivity index (χ1v) is 7.81. The molecule has 0 unspecified atom stereocenters. The Balaban J connectivity index is 2.00. The summed E-state index contributed by atoms with van der Waals surface area (Å²) in [6, 6.07) is 8.38. The minimum absolute atomic E-state index is 0.0225. The topological polar surface area (TPSA) is 43.8 Å². The number of aliphatic hydroxyl groups excluding tert-OH is 1. The molecule has 1 fully saturated rings.